The highest BCUT2D eigenvalue weighted by molar-refractivity contribution is 6.05. The number of methoxy groups -OCH3 is 2. The monoisotopic (exact) mass is 349 g/mol. The average Bonchev–Trinajstić information content (AvgIpc) is 2.78. The van der Waals surface area contributed by atoms with E-state index in [-0.39, 0.29) is 11.6 Å². The van der Waals surface area contributed by atoms with E-state index in [2.05, 4.69) is 5.32 Å². The second-order valence-electron chi connectivity index (χ2n) is 5.44. The molecule has 1 amide bonds. The fourth-order valence-electron chi connectivity index (χ4n) is 2.58. The third-order valence-corrected chi connectivity index (χ3v) is 3.59. The molecule has 0 saturated carbocycles. The number of amides is 1. The van der Waals surface area contributed by atoms with Gasteiger partial charge < -0.3 is 18.9 Å². The van der Waals surface area contributed by atoms with Gasteiger partial charge in [-0.25, -0.2) is 0 Å². The predicted molar refractivity (Wildman–Crippen MR) is 85.6 cm³/mol. The van der Waals surface area contributed by atoms with Crippen molar-refractivity contribution in [1.29, 1.82) is 0 Å². The van der Waals surface area contributed by atoms with Gasteiger partial charge in [-0.3, -0.25) is 19.7 Å². The zero-order chi connectivity index (χ0) is 18.8. The number of benzene rings is 1. The summed E-state index contributed by atoms with van der Waals surface area (Å²) in [7, 11) is 2.88. The molecule has 0 aromatic heterocycles. The number of hydrogen-bond donors (Lipinski definition) is 1. The number of nitrogens with one attached hydrogen (secondary N) is 1. The minimum absolute atomic E-state index is 0.233. The van der Waals surface area contributed by atoms with E-state index in [0.29, 0.717) is 17.1 Å². The number of rotatable bonds is 5. The lowest BCUT2D eigenvalue weighted by atomic mass is 9.90. The Morgan fingerprint density at radius 3 is 2.12 bits per heavy atom. The molecule has 1 unspecified atom stereocenters. The van der Waals surface area contributed by atoms with Crippen molar-refractivity contribution in [1.82, 2.24) is 5.32 Å². The molecule has 0 spiro atoms. The number of carbonyl (C=O) groups excluding carboxylic acids is 3. The Morgan fingerprint density at radius 1 is 1.12 bits per heavy atom. The summed E-state index contributed by atoms with van der Waals surface area (Å²) in [5.74, 6) is -1.76. The molecular formula is C17H19NO7. The van der Waals surface area contributed by atoms with Crippen molar-refractivity contribution in [3.8, 4) is 11.5 Å². The van der Waals surface area contributed by atoms with Gasteiger partial charge in [-0.2, -0.15) is 0 Å². The maximum Gasteiger partial charge on any atom is 0.308 e. The van der Waals surface area contributed by atoms with E-state index in [1.165, 1.54) is 28.1 Å². The quantitative estimate of drug-likeness (QED) is 0.802. The van der Waals surface area contributed by atoms with Gasteiger partial charge in [0.2, 0.25) is 23.2 Å². The predicted octanol–water partition coefficient (Wildman–Crippen LogP) is 1.39. The molecule has 1 aliphatic rings. The minimum Gasteiger partial charge on any atom is -0.496 e. The van der Waals surface area contributed by atoms with Gasteiger partial charge in [0.15, 0.2) is 0 Å². The fourth-order valence-corrected chi connectivity index (χ4v) is 2.58. The third-order valence-electron chi connectivity index (χ3n) is 3.59. The molecule has 1 atom stereocenters. The Hall–Kier alpha value is -3.03. The van der Waals surface area contributed by atoms with E-state index in [1.807, 2.05) is 0 Å². The van der Waals surface area contributed by atoms with Crippen LogP contribution in [0.2, 0.25) is 0 Å². The summed E-state index contributed by atoms with van der Waals surface area (Å²) >= 11 is 0. The number of ether oxygens (including phenoxy) is 4. The van der Waals surface area contributed by atoms with Crippen LogP contribution in [0.15, 0.2) is 29.8 Å². The lowest BCUT2D eigenvalue weighted by molar-refractivity contribution is -0.142. The second kappa shape index (κ2) is 6.84. The summed E-state index contributed by atoms with van der Waals surface area (Å²) in [6.45, 7) is 3.87. The number of ketones is 1. The van der Waals surface area contributed by atoms with Crippen LogP contribution < -0.4 is 14.8 Å². The van der Waals surface area contributed by atoms with Gasteiger partial charge in [-0.05, 0) is 19.1 Å². The zero-order valence-electron chi connectivity index (χ0n) is 14.6. The Labute approximate surface area is 144 Å². The van der Waals surface area contributed by atoms with Crippen LogP contribution in [-0.4, -0.2) is 31.9 Å². The van der Waals surface area contributed by atoms with Crippen molar-refractivity contribution in [2.24, 2.45) is 0 Å². The molecule has 1 aromatic carbocycles. The molecule has 2 rings (SSSR count). The van der Waals surface area contributed by atoms with E-state index >= 15 is 0 Å². The Bertz CT molecular complexity index is 746. The number of carbonyl (C=O) groups is 3. The largest absolute Gasteiger partial charge is 0.496 e. The number of esters is 1. The highest BCUT2D eigenvalue weighted by atomic mass is 16.6. The number of hydrogen-bond acceptors (Lipinski definition) is 7. The van der Waals surface area contributed by atoms with Crippen molar-refractivity contribution in [2.75, 3.05) is 14.2 Å². The molecule has 0 radical (unpaired) electrons. The van der Waals surface area contributed by atoms with Gasteiger partial charge in [0, 0.05) is 13.8 Å². The van der Waals surface area contributed by atoms with Gasteiger partial charge in [0.25, 0.3) is 5.78 Å². The van der Waals surface area contributed by atoms with E-state index in [1.54, 1.807) is 18.2 Å². The van der Waals surface area contributed by atoms with E-state index in [0.717, 1.165) is 6.92 Å². The van der Waals surface area contributed by atoms with Crippen LogP contribution in [-0.2, 0) is 29.5 Å². The highest BCUT2D eigenvalue weighted by Crippen LogP contribution is 2.46. The Morgan fingerprint density at radius 2 is 1.68 bits per heavy atom. The molecule has 1 heterocycles. The summed E-state index contributed by atoms with van der Waals surface area (Å²) in [6, 6.07) is 4.97. The molecule has 0 fully saturated rings. The van der Waals surface area contributed by atoms with Gasteiger partial charge in [0.1, 0.15) is 11.5 Å². The van der Waals surface area contributed by atoms with Gasteiger partial charge in [-0.15, -0.1) is 0 Å². The molecule has 8 nitrogen and oxygen atoms in total. The average molecular weight is 349 g/mol. The Balaban J connectivity index is 2.59. The summed E-state index contributed by atoms with van der Waals surface area (Å²) in [6.07, 6.45) is 0. The van der Waals surface area contributed by atoms with Crippen molar-refractivity contribution in [2.45, 2.75) is 26.4 Å². The summed E-state index contributed by atoms with van der Waals surface area (Å²) < 4.78 is 21.3. The number of Topliss-reactive ketones (excluding diaryl/α,β-unsaturated/α-hetero) is 1. The first-order valence-electron chi connectivity index (χ1n) is 7.40. The molecule has 134 valence electrons. The molecule has 1 aliphatic heterocycles. The van der Waals surface area contributed by atoms with Gasteiger partial charge in [0.05, 0.1) is 19.8 Å². The normalized spacial score (nSPS) is 19.3. The van der Waals surface area contributed by atoms with Crippen LogP contribution in [0, 0.1) is 0 Å². The minimum atomic E-state index is -1.61. The second-order valence-corrected chi connectivity index (χ2v) is 5.44. The standard InChI is InChI=1S/C17H19NO7/c1-9(19)18-16-14(24-10(2)20)15(21)17(3,25-16)13-11(22-4)7-6-8-12(13)23-5/h6-8H,1-5H3,(H,18,19). The molecule has 8 heteroatoms. The molecule has 0 bridgehead atoms. The highest BCUT2D eigenvalue weighted by Gasteiger charge is 2.52. The van der Waals surface area contributed by atoms with Crippen LogP contribution >= 0.6 is 0 Å². The maximum absolute atomic E-state index is 13.0. The third kappa shape index (κ3) is 3.28. The molecule has 0 aliphatic carbocycles. The lowest BCUT2D eigenvalue weighted by Gasteiger charge is -2.27. The SMILES string of the molecule is COc1cccc(OC)c1C1(C)OC(NC(C)=O)=C(OC(C)=O)C1=O. The smallest absolute Gasteiger partial charge is 0.308 e. The van der Waals surface area contributed by atoms with Crippen LogP contribution in [0.25, 0.3) is 0 Å². The fraction of sp³-hybridized carbons (Fsp3) is 0.353. The topological polar surface area (TPSA) is 100 Å². The molecule has 0 saturated heterocycles. The van der Waals surface area contributed by atoms with Crippen molar-refractivity contribution in [3.63, 3.8) is 0 Å². The van der Waals surface area contributed by atoms with Gasteiger partial charge >= 0.3 is 5.97 Å². The van der Waals surface area contributed by atoms with Crippen molar-refractivity contribution in [3.05, 3.63) is 35.4 Å². The van der Waals surface area contributed by atoms with Crippen LogP contribution in [0.3, 0.4) is 0 Å². The van der Waals surface area contributed by atoms with Crippen LogP contribution in [0.1, 0.15) is 26.3 Å². The summed E-state index contributed by atoms with van der Waals surface area (Å²) in [5.41, 5.74) is -1.30. The van der Waals surface area contributed by atoms with Crippen molar-refractivity contribution >= 4 is 17.7 Å². The Kier molecular flexibility index (Phi) is 5.01. The first kappa shape index (κ1) is 18.3. The molecule has 1 aromatic rings. The lowest BCUT2D eigenvalue weighted by Crippen LogP contribution is -2.33. The van der Waals surface area contributed by atoms with E-state index in [4.69, 9.17) is 18.9 Å². The zero-order valence-corrected chi connectivity index (χ0v) is 14.6. The van der Waals surface area contributed by atoms with Crippen LogP contribution in [0.5, 0.6) is 11.5 Å². The van der Waals surface area contributed by atoms with Crippen LogP contribution in [0.4, 0.5) is 0 Å². The first-order chi connectivity index (χ1) is 11.7. The van der Waals surface area contributed by atoms with Crippen molar-refractivity contribution < 1.29 is 33.3 Å². The summed E-state index contributed by atoms with van der Waals surface area (Å²) in [4.78, 5) is 35.7. The van der Waals surface area contributed by atoms with E-state index in [9.17, 15) is 14.4 Å². The van der Waals surface area contributed by atoms with E-state index < -0.39 is 23.3 Å². The molecule has 25 heavy (non-hydrogen) atoms. The maximum atomic E-state index is 13.0. The summed E-state index contributed by atoms with van der Waals surface area (Å²) in [5, 5.41) is 2.37. The molecular weight excluding hydrogens is 330 g/mol. The molecule has 1 N–H and O–H groups in total. The van der Waals surface area contributed by atoms with Gasteiger partial charge in [-0.1, -0.05) is 6.07 Å². The first-order valence-corrected chi connectivity index (χ1v) is 7.40.